The van der Waals surface area contributed by atoms with Gasteiger partial charge in [0.25, 0.3) is 0 Å². The SMILES string of the molecule is CC(C)CCC(C)(C)CCOCCCCCC(=O)C(C)C. The van der Waals surface area contributed by atoms with E-state index in [0.717, 1.165) is 51.2 Å². The summed E-state index contributed by atoms with van der Waals surface area (Å²) in [4.78, 5) is 11.5. The van der Waals surface area contributed by atoms with Crippen molar-refractivity contribution < 1.29 is 9.53 Å². The molecule has 0 radical (unpaired) electrons. The van der Waals surface area contributed by atoms with Crippen LogP contribution in [0.25, 0.3) is 0 Å². The van der Waals surface area contributed by atoms with Crippen LogP contribution in [0.3, 0.4) is 0 Å². The van der Waals surface area contributed by atoms with Crippen LogP contribution >= 0.6 is 0 Å². The van der Waals surface area contributed by atoms with E-state index in [-0.39, 0.29) is 5.92 Å². The minimum Gasteiger partial charge on any atom is -0.381 e. The summed E-state index contributed by atoms with van der Waals surface area (Å²) in [6.45, 7) is 14.9. The number of hydrogen-bond donors (Lipinski definition) is 0. The van der Waals surface area contributed by atoms with Crippen LogP contribution in [0.4, 0.5) is 0 Å². The molecule has 0 aliphatic heterocycles. The first-order valence-corrected chi connectivity index (χ1v) is 8.85. The van der Waals surface area contributed by atoms with Gasteiger partial charge in [-0.2, -0.15) is 0 Å². The minimum absolute atomic E-state index is 0.189. The zero-order valence-corrected chi connectivity index (χ0v) is 15.3. The molecular formula is C19H38O2. The molecule has 126 valence electrons. The number of ether oxygens (including phenoxy) is 1. The van der Waals surface area contributed by atoms with Crippen LogP contribution in [0.1, 0.15) is 86.5 Å². The van der Waals surface area contributed by atoms with Gasteiger partial charge in [-0.05, 0) is 37.0 Å². The third-order valence-electron chi connectivity index (χ3n) is 4.18. The molecule has 0 saturated carbocycles. The molecule has 0 unspecified atom stereocenters. The Morgan fingerprint density at radius 2 is 1.62 bits per heavy atom. The van der Waals surface area contributed by atoms with Gasteiger partial charge >= 0.3 is 0 Å². The van der Waals surface area contributed by atoms with Gasteiger partial charge < -0.3 is 4.74 Å². The van der Waals surface area contributed by atoms with Crippen molar-refractivity contribution in [2.24, 2.45) is 17.3 Å². The molecule has 0 saturated heterocycles. The minimum atomic E-state index is 0.189. The second kappa shape index (κ2) is 11.2. The zero-order valence-electron chi connectivity index (χ0n) is 15.3. The molecule has 0 rings (SSSR count). The average Bonchev–Trinajstić information content (AvgIpc) is 2.39. The van der Waals surface area contributed by atoms with Crippen LogP contribution in [0, 0.1) is 17.3 Å². The first kappa shape index (κ1) is 20.6. The molecule has 0 aromatic heterocycles. The zero-order chi connectivity index (χ0) is 16.3. The third-order valence-corrected chi connectivity index (χ3v) is 4.18. The van der Waals surface area contributed by atoms with E-state index < -0.39 is 0 Å². The largest absolute Gasteiger partial charge is 0.381 e. The highest BCUT2D eigenvalue weighted by Gasteiger charge is 2.17. The Morgan fingerprint density at radius 3 is 2.19 bits per heavy atom. The van der Waals surface area contributed by atoms with Crippen LogP contribution in [0.2, 0.25) is 0 Å². The fraction of sp³-hybridized carbons (Fsp3) is 0.947. The summed E-state index contributed by atoms with van der Waals surface area (Å²) in [5, 5.41) is 0. The van der Waals surface area contributed by atoms with E-state index in [1.807, 2.05) is 13.8 Å². The van der Waals surface area contributed by atoms with E-state index in [4.69, 9.17) is 4.74 Å². The highest BCUT2D eigenvalue weighted by molar-refractivity contribution is 5.80. The van der Waals surface area contributed by atoms with Gasteiger partial charge in [0.15, 0.2) is 0 Å². The molecule has 0 bridgehead atoms. The van der Waals surface area contributed by atoms with E-state index in [0.29, 0.717) is 11.2 Å². The Hall–Kier alpha value is -0.370. The molecule has 0 aliphatic rings. The fourth-order valence-electron chi connectivity index (χ4n) is 2.22. The molecule has 0 heterocycles. The quantitative estimate of drug-likeness (QED) is 0.411. The lowest BCUT2D eigenvalue weighted by Gasteiger charge is -2.25. The van der Waals surface area contributed by atoms with Crippen LogP contribution in [0.5, 0.6) is 0 Å². The van der Waals surface area contributed by atoms with Crippen LogP contribution < -0.4 is 0 Å². The van der Waals surface area contributed by atoms with E-state index in [1.165, 1.54) is 12.8 Å². The molecule has 0 aromatic rings. The van der Waals surface area contributed by atoms with Crippen molar-refractivity contribution in [2.45, 2.75) is 86.5 Å². The summed E-state index contributed by atoms with van der Waals surface area (Å²) in [5.74, 6) is 1.37. The maximum atomic E-state index is 11.5. The average molecular weight is 299 g/mol. The molecule has 0 fully saturated rings. The third kappa shape index (κ3) is 13.0. The van der Waals surface area contributed by atoms with Crippen molar-refractivity contribution in [3.05, 3.63) is 0 Å². The van der Waals surface area contributed by atoms with Crippen molar-refractivity contribution in [3.63, 3.8) is 0 Å². The van der Waals surface area contributed by atoms with Gasteiger partial charge in [0, 0.05) is 25.6 Å². The van der Waals surface area contributed by atoms with Gasteiger partial charge in [0.05, 0.1) is 0 Å². The van der Waals surface area contributed by atoms with E-state index in [2.05, 4.69) is 27.7 Å². The lowest BCUT2D eigenvalue weighted by Crippen LogP contribution is -2.15. The van der Waals surface area contributed by atoms with Crippen molar-refractivity contribution in [1.29, 1.82) is 0 Å². The van der Waals surface area contributed by atoms with Gasteiger partial charge in [-0.3, -0.25) is 4.79 Å². The van der Waals surface area contributed by atoms with E-state index >= 15 is 0 Å². The van der Waals surface area contributed by atoms with E-state index in [9.17, 15) is 4.79 Å². The van der Waals surface area contributed by atoms with Crippen molar-refractivity contribution in [2.75, 3.05) is 13.2 Å². The molecule has 0 amide bonds. The topological polar surface area (TPSA) is 26.3 Å². The van der Waals surface area contributed by atoms with Crippen LogP contribution in [-0.2, 0) is 9.53 Å². The number of unbranched alkanes of at least 4 members (excludes halogenated alkanes) is 2. The van der Waals surface area contributed by atoms with Gasteiger partial charge in [-0.25, -0.2) is 0 Å². The first-order chi connectivity index (χ1) is 9.74. The summed E-state index contributed by atoms with van der Waals surface area (Å²) in [7, 11) is 0. The van der Waals surface area contributed by atoms with Gasteiger partial charge in [-0.15, -0.1) is 0 Å². The first-order valence-electron chi connectivity index (χ1n) is 8.85. The number of Topliss-reactive ketones (excluding diaryl/α,β-unsaturated/α-hetero) is 1. The number of carbonyl (C=O) groups excluding carboxylic acids is 1. The van der Waals surface area contributed by atoms with Gasteiger partial charge in [0.1, 0.15) is 5.78 Å². The second-order valence-corrected chi connectivity index (χ2v) is 7.89. The summed E-state index contributed by atoms with van der Waals surface area (Å²) >= 11 is 0. The Morgan fingerprint density at radius 1 is 0.952 bits per heavy atom. The molecular weight excluding hydrogens is 260 g/mol. The predicted octanol–water partition coefficient (Wildman–Crippen LogP) is 5.64. The molecule has 2 nitrogen and oxygen atoms in total. The maximum Gasteiger partial charge on any atom is 0.135 e. The Bertz CT molecular complexity index is 267. The van der Waals surface area contributed by atoms with Gasteiger partial charge in [0.2, 0.25) is 0 Å². The van der Waals surface area contributed by atoms with E-state index in [1.54, 1.807) is 0 Å². The fourth-order valence-corrected chi connectivity index (χ4v) is 2.22. The van der Waals surface area contributed by atoms with Crippen molar-refractivity contribution in [1.82, 2.24) is 0 Å². The molecule has 2 heteroatoms. The Labute approximate surface area is 133 Å². The lowest BCUT2D eigenvalue weighted by atomic mass is 9.83. The van der Waals surface area contributed by atoms with Gasteiger partial charge in [-0.1, -0.05) is 54.4 Å². The summed E-state index contributed by atoms with van der Waals surface area (Å²) in [6, 6.07) is 0. The van der Waals surface area contributed by atoms with Crippen LogP contribution in [-0.4, -0.2) is 19.0 Å². The number of rotatable bonds is 13. The Kier molecular flexibility index (Phi) is 11.0. The second-order valence-electron chi connectivity index (χ2n) is 7.89. The monoisotopic (exact) mass is 298 g/mol. The number of hydrogen-bond acceptors (Lipinski definition) is 2. The highest BCUT2D eigenvalue weighted by Crippen LogP contribution is 2.28. The molecule has 0 aromatic carbocycles. The standard InChI is InChI=1S/C19H38O2/c1-16(2)11-12-19(5,6)13-15-21-14-9-7-8-10-18(20)17(3)4/h16-17H,7-15H2,1-6H3. The molecule has 0 N–H and O–H groups in total. The summed E-state index contributed by atoms with van der Waals surface area (Å²) in [6.07, 6.45) is 7.67. The number of carbonyl (C=O) groups is 1. The lowest BCUT2D eigenvalue weighted by molar-refractivity contribution is -0.122. The maximum absolute atomic E-state index is 11.5. The summed E-state index contributed by atoms with van der Waals surface area (Å²) < 4.78 is 5.75. The number of ketones is 1. The Balaban J connectivity index is 3.45. The molecule has 0 spiro atoms. The van der Waals surface area contributed by atoms with Crippen LogP contribution in [0.15, 0.2) is 0 Å². The highest BCUT2D eigenvalue weighted by atomic mass is 16.5. The predicted molar refractivity (Wildman–Crippen MR) is 91.6 cm³/mol. The smallest absolute Gasteiger partial charge is 0.135 e. The van der Waals surface area contributed by atoms with Crippen molar-refractivity contribution in [3.8, 4) is 0 Å². The molecule has 0 aliphatic carbocycles. The summed E-state index contributed by atoms with van der Waals surface area (Å²) in [5.41, 5.74) is 0.397. The van der Waals surface area contributed by atoms with Crippen molar-refractivity contribution >= 4 is 5.78 Å². The normalized spacial score (nSPS) is 12.4. The molecule has 21 heavy (non-hydrogen) atoms. The molecule has 0 atom stereocenters.